The summed E-state index contributed by atoms with van der Waals surface area (Å²) < 4.78 is 0. The van der Waals surface area contributed by atoms with Crippen molar-refractivity contribution in [3.05, 3.63) is 23.8 Å². The Hall–Kier alpha value is -1.71. The van der Waals surface area contributed by atoms with Gasteiger partial charge < -0.3 is 10.2 Å². The number of hydrogen-bond acceptors (Lipinski definition) is 2. The van der Waals surface area contributed by atoms with Gasteiger partial charge in [0, 0.05) is 11.2 Å². The van der Waals surface area contributed by atoms with Crippen LogP contribution in [0.5, 0.6) is 5.75 Å². The van der Waals surface area contributed by atoms with Crippen LogP contribution in [0.2, 0.25) is 0 Å². The summed E-state index contributed by atoms with van der Waals surface area (Å²) in [6.07, 6.45) is -1.00. The summed E-state index contributed by atoms with van der Waals surface area (Å²) >= 11 is 0. The molecule has 0 unspecified atom stereocenters. The molecule has 0 aromatic heterocycles. The topological polar surface area (TPSA) is 60.8 Å². The number of benzene rings is 1. The molecule has 1 rings (SSSR count). The number of hydrogen-bond donors (Lipinski definition) is 2. The van der Waals surface area contributed by atoms with Crippen molar-refractivity contribution >= 4 is 11.8 Å². The number of aryl methyl sites for hydroxylation is 1. The second-order valence-electron chi connectivity index (χ2n) is 4.76. The van der Waals surface area contributed by atoms with Crippen LogP contribution in [0.4, 0.5) is 10.5 Å². The lowest BCUT2D eigenvalue weighted by Crippen LogP contribution is -2.45. The molecule has 1 amide bonds. The summed E-state index contributed by atoms with van der Waals surface area (Å²) in [6, 6.07) is 4.77. The fourth-order valence-corrected chi connectivity index (χ4v) is 1.56. The molecule has 0 bridgehead atoms. The van der Waals surface area contributed by atoms with Gasteiger partial charge in [0.05, 0.1) is 0 Å². The zero-order valence-corrected chi connectivity index (χ0v) is 9.98. The average Bonchev–Trinajstić information content (AvgIpc) is 2.08. The third-order valence-electron chi connectivity index (χ3n) is 2.30. The van der Waals surface area contributed by atoms with Crippen LogP contribution in [-0.2, 0) is 0 Å². The van der Waals surface area contributed by atoms with Crippen LogP contribution < -0.4 is 4.90 Å². The highest BCUT2D eigenvalue weighted by atomic mass is 16.4. The third kappa shape index (κ3) is 2.45. The molecule has 0 aliphatic rings. The van der Waals surface area contributed by atoms with E-state index in [1.165, 1.54) is 11.0 Å². The SMILES string of the molecule is Cc1cc(N(C(=O)O)C(C)(C)C)ccc1O. The van der Waals surface area contributed by atoms with Gasteiger partial charge >= 0.3 is 6.09 Å². The number of anilines is 1. The number of aromatic hydroxyl groups is 1. The number of nitrogens with zero attached hydrogens (tertiary/aromatic N) is 1. The summed E-state index contributed by atoms with van der Waals surface area (Å²) in [6.45, 7) is 7.21. The van der Waals surface area contributed by atoms with Crippen LogP contribution in [0.15, 0.2) is 18.2 Å². The monoisotopic (exact) mass is 223 g/mol. The molecular weight excluding hydrogens is 206 g/mol. The molecule has 2 N–H and O–H groups in total. The molecule has 1 aromatic carbocycles. The highest BCUT2D eigenvalue weighted by Gasteiger charge is 2.27. The van der Waals surface area contributed by atoms with Crippen LogP contribution in [-0.4, -0.2) is 21.8 Å². The standard InChI is InChI=1S/C12H17NO3/c1-8-7-9(5-6-10(8)14)13(11(15)16)12(2,3)4/h5-7,14H,1-4H3,(H,15,16). The zero-order chi connectivity index (χ0) is 12.5. The van der Waals surface area contributed by atoms with Crippen molar-refractivity contribution in [2.75, 3.05) is 4.90 Å². The lowest BCUT2D eigenvalue weighted by molar-refractivity contribution is 0.195. The Morgan fingerprint density at radius 1 is 1.31 bits per heavy atom. The smallest absolute Gasteiger partial charge is 0.412 e. The molecule has 1 aromatic rings. The summed E-state index contributed by atoms with van der Waals surface area (Å²) in [5, 5.41) is 18.6. The molecule has 0 saturated heterocycles. The van der Waals surface area contributed by atoms with E-state index < -0.39 is 11.6 Å². The Labute approximate surface area is 95.1 Å². The molecule has 0 aliphatic carbocycles. The Balaban J connectivity index is 3.22. The van der Waals surface area contributed by atoms with Crippen molar-refractivity contribution in [1.82, 2.24) is 0 Å². The van der Waals surface area contributed by atoms with Crippen molar-refractivity contribution < 1.29 is 15.0 Å². The van der Waals surface area contributed by atoms with Crippen LogP contribution in [0.25, 0.3) is 0 Å². The van der Waals surface area contributed by atoms with Crippen molar-refractivity contribution in [3.8, 4) is 5.75 Å². The van der Waals surface area contributed by atoms with E-state index in [4.69, 9.17) is 0 Å². The van der Waals surface area contributed by atoms with Crippen LogP contribution in [0.1, 0.15) is 26.3 Å². The van der Waals surface area contributed by atoms with Gasteiger partial charge in [0.25, 0.3) is 0 Å². The maximum Gasteiger partial charge on any atom is 0.412 e. The summed E-state index contributed by atoms with van der Waals surface area (Å²) in [4.78, 5) is 12.5. The van der Waals surface area contributed by atoms with Gasteiger partial charge in [-0.05, 0) is 51.5 Å². The molecule has 0 spiro atoms. The predicted octanol–water partition coefficient (Wildman–Crippen LogP) is 2.98. The maximum absolute atomic E-state index is 11.2. The molecule has 0 heterocycles. The van der Waals surface area contributed by atoms with Crippen molar-refractivity contribution in [1.29, 1.82) is 0 Å². The maximum atomic E-state index is 11.2. The van der Waals surface area contributed by atoms with E-state index in [2.05, 4.69) is 0 Å². The van der Waals surface area contributed by atoms with Gasteiger partial charge in [0.1, 0.15) is 5.75 Å². The summed E-state index contributed by atoms with van der Waals surface area (Å²) in [5.41, 5.74) is 0.707. The molecule has 88 valence electrons. The Kier molecular flexibility index (Phi) is 3.12. The second kappa shape index (κ2) is 4.04. The first-order valence-electron chi connectivity index (χ1n) is 5.06. The minimum absolute atomic E-state index is 0.169. The van der Waals surface area contributed by atoms with Gasteiger partial charge in [-0.25, -0.2) is 4.79 Å². The Morgan fingerprint density at radius 3 is 2.25 bits per heavy atom. The number of carbonyl (C=O) groups is 1. The lowest BCUT2D eigenvalue weighted by atomic mass is 10.0. The first kappa shape index (κ1) is 12.4. The fourth-order valence-electron chi connectivity index (χ4n) is 1.56. The van der Waals surface area contributed by atoms with E-state index >= 15 is 0 Å². The van der Waals surface area contributed by atoms with Gasteiger partial charge in [0.2, 0.25) is 0 Å². The van der Waals surface area contributed by atoms with E-state index in [1.807, 2.05) is 20.8 Å². The average molecular weight is 223 g/mol. The molecule has 0 saturated carbocycles. The summed E-state index contributed by atoms with van der Waals surface area (Å²) in [5.74, 6) is 0.169. The van der Waals surface area contributed by atoms with E-state index in [0.29, 0.717) is 11.3 Å². The molecule has 0 radical (unpaired) electrons. The van der Waals surface area contributed by atoms with Crippen LogP contribution in [0.3, 0.4) is 0 Å². The van der Waals surface area contributed by atoms with Gasteiger partial charge in [-0.3, -0.25) is 4.90 Å². The van der Waals surface area contributed by atoms with E-state index in [9.17, 15) is 15.0 Å². The normalized spacial score (nSPS) is 11.2. The van der Waals surface area contributed by atoms with Crippen LogP contribution in [0, 0.1) is 6.92 Å². The highest BCUT2D eigenvalue weighted by molar-refractivity contribution is 5.87. The van der Waals surface area contributed by atoms with Gasteiger partial charge in [-0.15, -0.1) is 0 Å². The van der Waals surface area contributed by atoms with E-state index in [-0.39, 0.29) is 5.75 Å². The van der Waals surface area contributed by atoms with Crippen molar-refractivity contribution in [2.45, 2.75) is 33.2 Å². The van der Waals surface area contributed by atoms with Gasteiger partial charge in [0.15, 0.2) is 0 Å². The molecule has 4 nitrogen and oxygen atoms in total. The van der Waals surface area contributed by atoms with E-state index in [1.54, 1.807) is 19.1 Å². The number of phenols is 1. The predicted molar refractivity (Wildman–Crippen MR) is 63.1 cm³/mol. The number of amides is 1. The zero-order valence-electron chi connectivity index (χ0n) is 9.98. The van der Waals surface area contributed by atoms with Gasteiger partial charge in [-0.2, -0.15) is 0 Å². The quantitative estimate of drug-likeness (QED) is 0.769. The highest BCUT2D eigenvalue weighted by Crippen LogP contribution is 2.28. The van der Waals surface area contributed by atoms with Gasteiger partial charge in [-0.1, -0.05) is 0 Å². The largest absolute Gasteiger partial charge is 0.508 e. The first-order valence-corrected chi connectivity index (χ1v) is 5.06. The first-order chi connectivity index (χ1) is 7.23. The fraction of sp³-hybridized carbons (Fsp3) is 0.417. The van der Waals surface area contributed by atoms with Crippen molar-refractivity contribution in [2.24, 2.45) is 0 Å². The number of carboxylic acid groups (broad SMARTS) is 1. The Bertz CT molecular complexity index is 407. The molecule has 4 heteroatoms. The minimum Gasteiger partial charge on any atom is -0.508 e. The molecule has 0 fully saturated rings. The molecule has 0 atom stereocenters. The number of phenolic OH excluding ortho intramolecular Hbond substituents is 1. The molecule has 0 aliphatic heterocycles. The van der Waals surface area contributed by atoms with E-state index in [0.717, 1.165) is 0 Å². The number of rotatable bonds is 1. The molecular formula is C12H17NO3. The lowest BCUT2D eigenvalue weighted by Gasteiger charge is -2.33. The third-order valence-corrected chi connectivity index (χ3v) is 2.30. The Morgan fingerprint density at radius 2 is 1.88 bits per heavy atom. The summed E-state index contributed by atoms with van der Waals surface area (Å²) in [7, 11) is 0. The van der Waals surface area contributed by atoms with Crippen LogP contribution >= 0.6 is 0 Å². The molecule has 16 heavy (non-hydrogen) atoms. The van der Waals surface area contributed by atoms with Crippen molar-refractivity contribution in [3.63, 3.8) is 0 Å². The second-order valence-corrected chi connectivity index (χ2v) is 4.76. The minimum atomic E-state index is -1.00.